The lowest BCUT2D eigenvalue weighted by Crippen LogP contribution is -2.27. The molecule has 0 aliphatic carbocycles. The van der Waals surface area contributed by atoms with Crippen molar-refractivity contribution in [2.24, 2.45) is 5.73 Å². The zero-order valence-corrected chi connectivity index (χ0v) is 10.4. The van der Waals surface area contributed by atoms with Crippen molar-refractivity contribution < 1.29 is 4.42 Å². The second kappa shape index (κ2) is 4.96. The predicted molar refractivity (Wildman–Crippen MR) is 73.1 cm³/mol. The number of hydrogen-bond acceptors (Lipinski definition) is 3. The van der Waals surface area contributed by atoms with Crippen molar-refractivity contribution in [3.63, 3.8) is 0 Å². The van der Waals surface area contributed by atoms with Crippen molar-refractivity contribution in [1.82, 2.24) is 4.90 Å². The molecule has 0 fully saturated rings. The van der Waals surface area contributed by atoms with Crippen LogP contribution in [0.1, 0.15) is 17.7 Å². The molecule has 0 saturated heterocycles. The minimum atomic E-state index is 0.538. The SMILES string of the molecule is NCc1c(CN2CC=CCC2)oc2ccccc12. The van der Waals surface area contributed by atoms with Crippen molar-refractivity contribution >= 4 is 11.0 Å². The average molecular weight is 242 g/mol. The van der Waals surface area contributed by atoms with Gasteiger partial charge in [-0.1, -0.05) is 30.4 Å². The van der Waals surface area contributed by atoms with Crippen molar-refractivity contribution in [3.8, 4) is 0 Å². The van der Waals surface area contributed by atoms with Gasteiger partial charge in [0.15, 0.2) is 0 Å². The number of furan rings is 1. The van der Waals surface area contributed by atoms with Crippen LogP contribution < -0.4 is 5.73 Å². The topological polar surface area (TPSA) is 42.4 Å². The van der Waals surface area contributed by atoms with Crippen LogP contribution in [0.4, 0.5) is 0 Å². The molecule has 2 aromatic rings. The third kappa shape index (κ3) is 2.07. The first kappa shape index (κ1) is 11.5. The summed E-state index contributed by atoms with van der Waals surface area (Å²) >= 11 is 0. The molecule has 0 saturated carbocycles. The summed E-state index contributed by atoms with van der Waals surface area (Å²) in [5, 5.41) is 1.16. The Balaban J connectivity index is 1.93. The molecule has 94 valence electrons. The minimum absolute atomic E-state index is 0.538. The van der Waals surface area contributed by atoms with Crippen LogP contribution in [-0.2, 0) is 13.1 Å². The molecule has 0 spiro atoms. The Hall–Kier alpha value is -1.58. The highest BCUT2D eigenvalue weighted by atomic mass is 16.3. The van der Waals surface area contributed by atoms with Crippen LogP contribution >= 0.6 is 0 Å². The first-order chi connectivity index (χ1) is 8.88. The zero-order valence-electron chi connectivity index (χ0n) is 10.4. The van der Waals surface area contributed by atoms with Gasteiger partial charge in [-0.3, -0.25) is 4.90 Å². The van der Waals surface area contributed by atoms with E-state index in [-0.39, 0.29) is 0 Å². The van der Waals surface area contributed by atoms with Gasteiger partial charge in [0.05, 0.1) is 6.54 Å². The number of benzene rings is 1. The molecule has 1 aliphatic heterocycles. The van der Waals surface area contributed by atoms with E-state index < -0.39 is 0 Å². The second-order valence-electron chi connectivity index (χ2n) is 4.70. The Morgan fingerprint density at radius 2 is 2.11 bits per heavy atom. The van der Waals surface area contributed by atoms with Crippen LogP contribution in [0.15, 0.2) is 40.8 Å². The van der Waals surface area contributed by atoms with Gasteiger partial charge in [0, 0.05) is 30.6 Å². The van der Waals surface area contributed by atoms with E-state index in [1.807, 2.05) is 18.2 Å². The van der Waals surface area contributed by atoms with Gasteiger partial charge < -0.3 is 10.2 Å². The summed E-state index contributed by atoms with van der Waals surface area (Å²) < 4.78 is 5.95. The molecular weight excluding hydrogens is 224 g/mol. The molecule has 0 bridgehead atoms. The third-order valence-electron chi connectivity index (χ3n) is 3.50. The fourth-order valence-corrected chi connectivity index (χ4v) is 2.54. The van der Waals surface area contributed by atoms with Gasteiger partial charge in [-0.25, -0.2) is 0 Å². The first-order valence-electron chi connectivity index (χ1n) is 6.45. The smallest absolute Gasteiger partial charge is 0.134 e. The van der Waals surface area contributed by atoms with Gasteiger partial charge >= 0.3 is 0 Å². The normalized spacial score (nSPS) is 16.5. The van der Waals surface area contributed by atoms with E-state index in [0.717, 1.165) is 48.3 Å². The molecule has 0 unspecified atom stereocenters. The van der Waals surface area contributed by atoms with Gasteiger partial charge in [-0.15, -0.1) is 0 Å². The van der Waals surface area contributed by atoms with Crippen LogP contribution in [0.2, 0.25) is 0 Å². The fourth-order valence-electron chi connectivity index (χ4n) is 2.54. The van der Waals surface area contributed by atoms with Crippen LogP contribution in [0.5, 0.6) is 0 Å². The van der Waals surface area contributed by atoms with E-state index in [9.17, 15) is 0 Å². The highest BCUT2D eigenvalue weighted by Gasteiger charge is 2.15. The molecule has 1 aromatic heterocycles. The highest BCUT2D eigenvalue weighted by Crippen LogP contribution is 2.26. The quantitative estimate of drug-likeness (QED) is 0.841. The summed E-state index contributed by atoms with van der Waals surface area (Å²) in [6.45, 7) is 3.49. The van der Waals surface area contributed by atoms with Gasteiger partial charge in [0.1, 0.15) is 11.3 Å². The molecule has 2 N–H and O–H groups in total. The Bertz CT molecular complexity index is 571. The summed E-state index contributed by atoms with van der Waals surface area (Å²) in [4.78, 5) is 2.39. The van der Waals surface area contributed by atoms with E-state index in [0.29, 0.717) is 6.54 Å². The van der Waals surface area contributed by atoms with Crippen molar-refractivity contribution in [2.75, 3.05) is 13.1 Å². The molecule has 0 amide bonds. The molecule has 1 aliphatic rings. The summed E-state index contributed by atoms with van der Waals surface area (Å²) in [5.74, 6) is 1.02. The van der Waals surface area contributed by atoms with E-state index in [1.165, 1.54) is 0 Å². The van der Waals surface area contributed by atoms with Gasteiger partial charge in [0.25, 0.3) is 0 Å². The molecule has 0 radical (unpaired) electrons. The van der Waals surface area contributed by atoms with Crippen LogP contribution in [0.25, 0.3) is 11.0 Å². The van der Waals surface area contributed by atoms with E-state index >= 15 is 0 Å². The van der Waals surface area contributed by atoms with E-state index in [4.69, 9.17) is 10.2 Å². The molecule has 3 heteroatoms. The standard InChI is InChI=1S/C15H18N2O/c16-10-13-12-6-2-3-7-14(12)18-15(13)11-17-8-4-1-5-9-17/h1-4,6-7H,5,8-11,16H2. The van der Waals surface area contributed by atoms with Crippen molar-refractivity contribution in [2.45, 2.75) is 19.5 Å². The van der Waals surface area contributed by atoms with Crippen LogP contribution in [0.3, 0.4) is 0 Å². The average Bonchev–Trinajstić information content (AvgIpc) is 2.77. The minimum Gasteiger partial charge on any atom is -0.459 e. The number of para-hydroxylation sites is 1. The van der Waals surface area contributed by atoms with Crippen molar-refractivity contribution in [3.05, 3.63) is 47.7 Å². The number of fused-ring (bicyclic) bond motifs is 1. The Kier molecular flexibility index (Phi) is 3.17. The number of rotatable bonds is 3. The van der Waals surface area contributed by atoms with Gasteiger partial charge in [-0.2, -0.15) is 0 Å². The van der Waals surface area contributed by atoms with Gasteiger partial charge in [0.2, 0.25) is 0 Å². The number of nitrogens with two attached hydrogens (primary N) is 1. The largest absolute Gasteiger partial charge is 0.459 e. The Morgan fingerprint density at radius 3 is 2.89 bits per heavy atom. The maximum Gasteiger partial charge on any atom is 0.134 e. The summed E-state index contributed by atoms with van der Waals surface area (Å²) in [5.41, 5.74) is 7.97. The highest BCUT2D eigenvalue weighted by molar-refractivity contribution is 5.82. The van der Waals surface area contributed by atoms with E-state index in [1.54, 1.807) is 0 Å². The zero-order chi connectivity index (χ0) is 12.4. The second-order valence-corrected chi connectivity index (χ2v) is 4.70. The lowest BCUT2D eigenvalue weighted by Gasteiger charge is -2.22. The lowest BCUT2D eigenvalue weighted by molar-refractivity contribution is 0.266. The summed E-state index contributed by atoms with van der Waals surface area (Å²) in [6, 6.07) is 8.12. The number of nitrogens with zero attached hydrogens (tertiary/aromatic N) is 1. The molecule has 3 rings (SSSR count). The fraction of sp³-hybridized carbons (Fsp3) is 0.333. The Labute approximate surface area is 107 Å². The molecule has 0 atom stereocenters. The monoisotopic (exact) mass is 242 g/mol. The number of hydrogen-bond donors (Lipinski definition) is 1. The van der Waals surface area contributed by atoms with Gasteiger partial charge in [-0.05, 0) is 12.5 Å². The molecule has 3 nitrogen and oxygen atoms in total. The maximum absolute atomic E-state index is 5.95. The first-order valence-corrected chi connectivity index (χ1v) is 6.45. The molecular formula is C15H18N2O. The molecule has 1 aromatic carbocycles. The lowest BCUT2D eigenvalue weighted by atomic mass is 10.1. The summed E-state index contributed by atoms with van der Waals surface area (Å²) in [7, 11) is 0. The Morgan fingerprint density at radius 1 is 1.22 bits per heavy atom. The van der Waals surface area contributed by atoms with Crippen molar-refractivity contribution in [1.29, 1.82) is 0 Å². The maximum atomic E-state index is 5.95. The predicted octanol–water partition coefficient (Wildman–Crippen LogP) is 2.65. The van der Waals surface area contributed by atoms with Crippen LogP contribution in [0, 0.1) is 0 Å². The summed E-state index contributed by atoms with van der Waals surface area (Å²) in [6.07, 6.45) is 5.57. The molecule has 18 heavy (non-hydrogen) atoms. The van der Waals surface area contributed by atoms with Crippen LogP contribution in [-0.4, -0.2) is 18.0 Å². The molecule has 2 heterocycles. The third-order valence-corrected chi connectivity index (χ3v) is 3.50. The van der Waals surface area contributed by atoms with E-state index in [2.05, 4.69) is 23.1 Å².